The first kappa shape index (κ1) is 13.1. The number of thioether (sulfide) groups is 1. The third-order valence-corrected chi connectivity index (χ3v) is 2.60. The maximum atomic E-state index is 5.38. The van der Waals surface area contributed by atoms with Crippen LogP contribution in [-0.2, 0) is 0 Å². The van der Waals surface area contributed by atoms with E-state index in [1.807, 2.05) is 19.4 Å². The lowest BCUT2D eigenvalue weighted by Crippen LogP contribution is -2.24. The number of aromatic nitrogens is 2. The average Bonchev–Trinajstić information content (AvgIpc) is 2.27. The molecule has 5 nitrogen and oxygen atoms in total. The molecule has 0 unspecified atom stereocenters. The van der Waals surface area contributed by atoms with Crippen LogP contribution >= 0.6 is 11.8 Å². The molecular weight excluding hydrogens is 222 g/mol. The lowest BCUT2D eigenvalue weighted by atomic mass is 10.2. The number of hydrogen-bond donors (Lipinski definition) is 2. The molecule has 0 saturated heterocycles. The Hall–Kier alpha value is -1.01. The van der Waals surface area contributed by atoms with Crippen LogP contribution in [0.4, 0.5) is 11.6 Å². The Morgan fingerprint density at radius 3 is 2.69 bits per heavy atom. The molecule has 3 N–H and O–H groups in total. The molecule has 0 amide bonds. The second-order valence-electron chi connectivity index (χ2n) is 4.02. The van der Waals surface area contributed by atoms with Crippen LogP contribution in [0.5, 0.6) is 0 Å². The Morgan fingerprint density at radius 1 is 1.50 bits per heavy atom. The zero-order valence-electron chi connectivity index (χ0n) is 10.2. The van der Waals surface area contributed by atoms with Crippen molar-refractivity contribution in [2.24, 2.45) is 11.8 Å². The van der Waals surface area contributed by atoms with E-state index in [-0.39, 0.29) is 0 Å². The standard InChI is InChI=1S/C10H19N5S/c1-7(2)6-15(3)9-5-8(14-11)12-10(13-9)16-4/h5,7H,6,11H2,1-4H3,(H,12,13,14). The molecule has 0 aliphatic rings. The first-order chi connectivity index (χ1) is 7.56. The lowest BCUT2D eigenvalue weighted by molar-refractivity contribution is 0.632. The van der Waals surface area contributed by atoms with Crippen molar-refractivity contribution in [3.63, 3.8) is 0 Å². The van der Waals surface area contributed by atoms with Crippen molar-refractivity contribution in [2.45, 2.75) is 19.0 Å². The van der Waals surface area contributed by atoms with E-state index in [2.05, 4.69) is 34.1 Å². The number of nitrogen functional groups attached to an aromatic ring is 1. The van der Waals surface area contributed by atoms with Crippen LogP contribution in [0.15, 0.2) is 11.2 Å². The first-order valence-electron chi connectivity index (χ1n) is 5.17. The summed E-state index contributed by atoms with van der Waals surface area (Å²) in [6, 6.07) is 1.85. The first-order valence-corrected chi connectivity index (χ1v) is 6.40. The number of anilines is 2. The van der Waals surface area contributed by atoms with E-state index in [1.54, 1.807) is 0 Å². The zero-order valence-corrected chi connectivity index (χ0v) is 11.0. The van der Waals surface area contributed by atoms with Crippen LogP contribution in [0.3, 0.4) is 0 Å². The third-order valence-electron chi connectivity index (χ3n) is 2.05. The third kappa shape index (κ3) is 3.53. The predicted molar refractivity (Wildman–Crippen MR) is 69.7 cm³/mol. The maximum Gasteiger partial charge on any atom is 0.191 e. The van der Waals surface area contributed by atoms with Gasteiger partial charge in [-0.3, -0.25) is 0 Å². The van der Waals surface area contributed by atoms with Gasteiger partial charge < -0.3 is 10.3 Å². The molecule has 6 heteroatoms. The van der Waals surface area contributed by atoms with E-state index in [1.165, 1.54) is 11.8 Å². The molecule has 0 spiro atoms. The summed E-state index contributed by atoms with van der Waals surface area (Å²) in [5.41, 5.74) is 2.56. The summed E-state index contributed by atoms with van der Waals surface area (Å²) >= 11 is 1.50. The molecular formula is C10H19N5S. The summed E-state index contributed by atoms with van der Waals surface area (Å²) in [5, 5.41) is 0.723. The van der Waals surface area contributed by atoms with E-state index in [0.29, 0.717) is 11.7 Å². The fraction of sp³-hybridized carbons (Fsp3) is 0.600. The van der Waals surface area contributed by atoms with Gasteiger partial charge in [0.15, 0.2) is 5.16 Å². The van der Waals surface area contributed by atoms with E-state index in [4.69, 9.17) is 5.84 Å². The van der Waals surface area contributed by atoms with Gasteiger partial charge in [-0.1, -0.05) is 25.6 Å². The minimum Gasteiger partial charge on any atom is -0.359 e. The number of nitrogens with two attached hydrogens (primary N) is 1. The van der Waals surface area contributed by atoms with Crippen LogP contribution in [0.1, 0.15) is 13.8 Å². The molecule has 0 aliphatic carbocycles. The van der Waals surface area contributed by atoms with Gasteiger partial charge >= 0.3 is 0 Å². The highest BCUT2D eigenvalue weighted by atomic mass is 32.2. The number of hydrazine groups is 1. The fourth-order valence-corrected chi connectivity index (χ4v) is 1.79. The summed E-state index contributed by atoms with van der Waals surface area (Å²) in [7, 11) is 2.02. The van der Waals surface area contributed by atoms with Gasteiger partial charge in [0.1, 0.15) is 11.6 Å². The van der Waals surface area contributed by atoms with Crippen molar-refractivity contribution >= 4 is 23.4 Å². The molecule has 0 radical (unpaired) electrons. The van der Waals surface area contributed by atoms with Crippen molar-refractivity contribution in [1.82, 2.24) is 9.97 Å². The second-order valence-corrected chi connectivity index (χ2v) is 4.79. The molecule has 0 fully saturated rings. The topological polar surface area (TPSA) is 67.1 Å². The number of nitrogens with zero attached hydrogens (tertiary/aromatic N) is 3. The molecule has 0 aromatic carbocycles. The largest absolute Gasteiger partial charge is 0.359 e. The molecule has 1 aromatic heterocycles. The fourth-order valence-electron chi connectivity index (χ4n) is 1.41. The second kappa shape index (κ2) is 5.91. The maximum absolute atomic E-state index is 5.38. The normalized spacial score (nSPS) is 10.6. The van der Waals surface area contributed by atoms with E-state index < -0.39 is 0 Å². The Labute approximate surface area is 101 Å². The van der Waals surface area contributed by atoms with Gasteiger partial charge in [-0.2, -0.15) is 0 Å². The van der Waals surface area contributed by atoms with E-state index >= 15 is 0 Å². The monoisotopic (exact) mass is 241 g/mol. The van der Waals surface area contributed by atoms with E-state index in [9.17, 15) is 0 Å². The SMILES string of the molecule is CSc1nc(NN)cc(N(C)CC(C)C)n1. The smallest absolute Gasteiger partial charge is 0.191 e. The quantitative estimate of drug-likeness (QED) is 0.353. The van der Waals surface area contributed by atoms with Gasteiger partial charge in [0, 0.05) is 19.7 Å². The van der Waals surface area contributed by atoms with E-state index in [0.717, 1.165) is 17.5 Å². The average molecular weight is 241 g/mol. The van der Waals surface area contributed by atoms with Crippen LogP contribution in [0.25, 0.3) is 0 Å². The molecule has 0 saturated carbocycles. The van der Waals surface area contributed by atoms with Gasteiger partial charge in [0.25, 0.3) is 0 Å². The van der Waals surface area contributed by atoms with Crippen LogP contribution < -0.4 is 16.2 Å². The highest BCUT2D eigenvalue weighted by Gasteiger charge is 2.08. The van der Waals surface area contributed by atoms with Gasteiger partial charge in [-0.25, -0.2) is 15.8 Å². The molecule has 90 valence electrons. The van der Waals surface area contributed by atoms with Gasteiger partial charge in [-0.15, -0.1) is 0 Å². The summed E-state index contributed by atoms with van der Waals surface area (Å²) < 4.78 is 0. The molecule has 0 bridgehead atoms. The summed E-state index contributed by atoms with van der Waals surface area (Å²) in [6.45, 7) is 5.30. The molecule has 16 heavy (non-hydrogen) atoms. The van der Waals surface area contributed by atoms with Crippen LogP contribution in [0, 0.1) is 5.92 Å². The summed E-state index contributed by atoms with van der Waals surface area (Å²) in [6.07, 6.45) is 1.95. The molecule has 1 rings (SSSR count). The molecule has 1 heterocycles. The van der Waals surface area contributed by atoms with Crippen molar-refractivity contribution in [3.05, 3.63) is 6.07 Å². The zero-order chi connectivity index (χ0) is 12.1. The highest BCUT2D eigenvalue weighted by Crippen LogP contribution is 2.19. The summed E-state index contributed by atoms with van der Waals surface area (Å²) in [4.78, 5) is 10.8. The molecule has 0 atom stereocenters. The number of rotatable bonds is 5. The minimum absolute atomic E-state index is 0.590. The van der Waals surface area contributed by atoms with Gasteiger partial charge in [-0.05, 0) is 12.2 Å². The van der Waals surface area contributed by atoms with Crippen LogP contribution in [-0.4, -0.2) is 29.8 Å². The highest BCUT2D eigenvalue weighted by molar-refractivity contribution is 7.98. The Kier molecular flexibility index (Phi) is 4.82. The molecule has 0 aliphatic heterocycles. The Morgan fingerprint density at radius 2 is 2.19 bits per heavy atom. The van der Waals surface area contributed by atoms with Gasteiger partial charge in [0.2, 0.25) is 0 Å². The van der Waals surface area contributed by atoms with Crippen molar-refractivity contribution in [2.75, 3.05) is 30.2 Å². The van der Waals surface area contributed by atoms with Crippen LogP contribution in [0.2, 0.25) is 0 Å². The summed E-state index contributed by atoms with van der Waals surface area (Å²) in [5.74, 6) is 7.50. The lowest BCUT2D eigenvalue weighted by Gasteiger charge is -2.21. The van der Waals surface area contributed by atoms with Crippen molar-refractivity contribution < 1.29 is 0 Å². The van der Waals surface area contributed by atoms with Crippen molar-refractivity contribution in [1.29, 1.82) is 0 Å². The molecule has 1 aromatic rings. The Balaban J connectivity index is 2.93. The number of nitrogens with one attached hydrogen (secondary N) is 1. The van der Waals surface area contributed by atoms with Gasteiger partial charge in [0.05, 0.1) is 0 Å². The number of hydrogen-bond acceptors (Lipinski definition) is 6. The minimum atomic E-state index is 0.590. The van der Waals surface area contributed by atoms with Crippen molar-refractivity contribution in [3.8, 4) is 0 Å². The predicted octanol–water partition coefficient (Wildman–Crippen LogP) is 1.58. The Bertz CT molecular complexity index is 320.